The molecule has 6 heteroatoms. The summed E-state index contributed by atoms with van der Waals surface area (Å²) < 4.78 is 5.64. The third-order valence-corrected chi connectivity index (χ3v) is 4.16. The molecule has 1 N–H and O–H groups in total. The van der Waals surface area contributed by atoms with E-state index in [4.69, 9.17) is 27.9 Å². The molecule has 1 heterocycles. The smallest absolute Gasteiger partial charge is 0.263 e. The van der Waals surface area contributed by atoms with Crippen LogP contribution < -0.4 is 4.74 Å². The maximum atomic E-state index is 12.4. The summed E-state index contributed by atoms with van der Waals surface area (Å²) in [6.45, 7) is 3.10. The molecule has 4 nitrogen and oxygen atoms in total. The normalized spacial score (nSPS) is 20.2. The second-order valence-electron chi connectivity index (χ2n) is 5.31. The van der Waals surface area contributed by atoms with Gasteiger partial charge in [0.1, 0.15) is 5.75 Å². The second kappa shape index (κ2) is 7.34. The van der Waals surface area contributed by atoms with Crippen LogP contribution in [0.4, 0.5) is 0 Å². The number of piperidine rings is 1. The molecule has 116 valence electrons. The molecule has 1 saturated heterocycles. The molecule has 0 bridgehead atoms. The van der Waals surface area contributed by atoms with E-state index in [-0.39, 0.29) is 18.4 Å². The summed E-state index contributed by atoms with van der Waals surface area (Å²) >= 11 is 11.9. The number of hydrogen-bond acceptors (Lipinski definition) is 3. The monoisotopic (exact) mass is 331 g/mol. The zero-order chi connectivity index (χ0) is 15.4. The molecule has 2 atom stereocenters. The summed E-state index contributed by atoms with van der Waals surface area (Å²) in [7, 11) is 0. The van der Waals surface area contributed by atoms with E-state index in [1.807, 2.05) is 0 Å². The summed E-state index contributed by atoms with van der Waals surface area (Å²) in [4.78, 5) is 14.1. The van der Waals surface area contributed by atoms with Gasteiger partial charge in [-0.2, -0.15) is 0 Å². The summed E-state index contributed by atoms with van der Waals surface area (Å²) in [5, 5.41) is 10.1. The van der Waals surface area contributed by atoms with Crippen molar-refractivity contribution in [3.63, 3.8) is 0 Å². The molecule has 0 saturated carbocycles. The number of nitrogens with zero attached hydrogens (tertiary/aromatic N) is 1. The molecule has 0 aliphatic carbocycles. The summed E-state index contributed by atoms with van der Waals surface area (Å²) in [5.74, 6) is 0.519. The molecule has 2 unspecified atom stereocenters. The van der Waals surface area contributed by atoms with Gasteiger partial charge in [-0.05, 0) is 43.9 Å². The molecule has 1 aliphatic heterocycles. The molecule has 2 rings (SSSR count). The van der Waals surface area contributed by atoms with Gasteiger partial charge in [0.2, 0.25) is 0 Å². The van der Waals surface area contributed by atoms with Gasteiger partial charge >= 0.3 is 0 Å². The van der Waals surface area contributed by atoms with Gasteiger partial charge in [0.25, 0.3) is 5.91 Å². The van der Waals surface area contributed by atoms with Crippen molar-refractivity contribution in [3.8, 4) is 5.75 Å². The van der Waals surface area contributed by atoms with Crippen LogP contribution in [0.3, 0.4) is 0 Å². The first kappa shape index (κ1) is 16.4. The fraction of sp³-hybridized carbons (Fsp3) is 0.533. The van der Waals surface area contributed by atoms with Crippen molar-refractivity contribution in [1.29, 1.82) is 0 Å². The van der Waals surface area contributed by atoms with E-state index in [1.54, 1.807) is 30.0 Å². The highest BCUT2D eigenvalue weighted by atomic mass is 35.5. The van der Waals surface area contributed by atoms with Crippen LogP contribution in [0.25, 0.3) is 0 Å². The standard InChI is InChI=1S/C15H19Cl2NO3/c1-10(21-14-5-4-12(16)7-13(14)17)15(20)18-6-2-3-11(8-18)9-19/h4-5,7,10-11,19H,2-3,6,8-9H2,1H3. The lowest BCUT2D eigenvalue weighted by Gasteiger charge is -2.33. The number of carbonyl (C=O) groups is 1. The van der Waals surface area contributed by atoms with E-state index in [0.717, 1.165) is 12.8 Å². The average molecular weight is 332 g/mol. The quantitative estimate of drug-likeness (QED) is 0.922. The van der Waals surface area contributed by atoms with Crippen LogP contribution in [0.1, 0.15) is 19.8 Å². The Morgan fingerprint density at radius 1 is 1.52 bits per heavy atom. The summed E-state index contributed by atoms with van der Waals surface area (Å²) in [6.07, 6.45) is 1.24. The molecule has 1 aromatic rings. The highest BCUT2D eigenvalue weighted by Gasteiger charge is 2.27. The Labute approximate surface area is 134 Å². The number of aliphatic hydroxyl groups is 1. The summed E-state index contributed by atoms with van der Waals surface area (Å²) in [6, 6.07) is 4.90. The average Bonchev–Trinajstić information content (AvgIpc) is 2.49. The molecular weight excluding hydrogens is 313 g/mol. The number of carbonyl (C=O) groups excluding carboxylic acids is 1. The number of amides is 1. The second-order valence-corrected chi connectivity index (χ2v) is 6.15. The van der Waals surface area contributed by atoms with Gasteiger partial charge in [0.15, 0.2) is 6.10 Å². The minimum absolute atomic E-state index is 0.0841. The maximum Gasteiger partial charge on any atom is 0.263 e. The molecular formula is C15H19Cl2NO3. The van der Waals surface area contributed by atoms with Crippen LogP contribution >= 0.6 is 23.2 Å². The van der Waals surface area contributed by atoms with E-state index < -0.39 is 6.10 Å². The number of benzene rings is 1. The maximum absolute atomic E-state index is 12.4. The molecule has 0 spiro atoms. The van der Waals surface area contributed by atoms with E-state index in [9.17, 15) is 9.90 Å². The van der Waals surface area contributed by atoms with E-state index >= 15 is 0 Å². The highest BCUT2D eigenvalue weighted by molar-refractivity contribution is 6.35. The highest BCUT2D eigenvalue weighted by Crippen LogP contribution is 2.28. The van der Waals surface area contributed by atoms with Gasteiger partial charge in [-0.25, -0.2) is 0 Å². The minimum Gasteiger partial charge on any atom is -0.479 e. The van der Waals surface area contributed by atoms with E-state index in [0.29, 0.717) is 28.9 Å². The van der Waals surface area contributed by atoms with Crippen molar-refractivity contribution in [3.05, 3.63) is 28.2 Å². The van der Waals surface area contributed by atoms with Gasteiger partial charge in [-0.1, -0.05) is 23.2 Å². The van der Waals surface area contributed by atoms with Crippen LogP contribution in [0.2, 0.25) is 10.0 Å². The van der Waals surface area contributed by atoms with Crippen LogP contribution in [0.5, 0.6) is 5.75 Å². The third-order valence-electron chi connectivity index (χ3n) is 3.63. The van der Waals surface area contributed by atoms with Gasteiger partial charge in [0, 0.05) is 24.7 Å². The van der Waals surface area contributed by atoms with Crippen molar-refractivity contribution in [1.82, 2.24) is 4.90 Å². The lowest BCUT2D eigenvalue weighted by atomic mass is 9.99. The number of rotatable bonds is 4. The van der Waals surface area contributed by atoms with Crippen LogP contribution in [0.15, 0.2) is 18.2 Å². The number of halogens is 2. The summed E-state index contributed by atoms with van der Waals surface area (Å²) in [5.41, 5.74) is 0. The fourth-order valence-corrected chi connectivity index (χ4v) is 2.94. The predicted molar refractivity (Wildman–Crippen MR) is 82.9 cm³/mol. The van der Waals surface area contributed by atoms with Gasteiger partial charge in [0.05, 0.1) is 5.02 Å². The lowest BCUT2D eigenvalue weighted by molar-refractivity contribution is -0.140. The SMILES string of the molecule is CC(Oc1ccc(Cl)cc1Cl)C(=O)N1CCCC(CO)C1. The molecule has 1 aromatic carbocycles. The number of aliphatic hydroxyl groups excluding tert-OH is 1. The van der Waals surface area contributed by atoms with Crippen molar-refractivity contribution < 1.29 is 14.6 Å². The van der Waals surface area contributed by atoms with Crippen molar-refractivity contribution in [2.24, 2.45) is 5.92 Å². The number of likely N-dealkylation sites (tertiary alicyclic amines) is 1. The van der Waals surface area contributed by atoms with Crippen molar-refractivity contribution in [2.75, 3.05) is 19.7 Å². The molecule has 1 aliphatic rings. The Kier molecular flexibility index (Phi) is 5.73. The lowest BCUT2D eigenvalue weighted by Crippen LogP contribution is -2.46. The first-order valence-corrected chi connectivity index (χ1v) is 7.78. The Hall–Kier alpha value is -0.970. The third kappa shape index (κ3) is 4.25. The minimum atomic E-state index is -0.624. The first-order valence-electron chi connectivity index (χ1n) is 7.02. The Bertz CT molecular complexity index is 510. The van der Waals surface area contributed by atoms with Crippen molar-refractivity contribution in [2.45, 2.75) is 25.9 Å². The number of ether oxygens (including phenoxy) is 1. The zero-order valence-corrected chi connectivity index (χ0v) is 13.4. The molecule has 21 heavy (non-hydrogen) atoms. The number of hydrogen-bond donors (Lipinski definition) is 1. The molecule has 1 fully saturated rings. The topological polar surface area (TPSA) is 49.8 Å². The van der Waals surface area contributed by atoms with Gasteiger partial charge in [-0.3, -0.25) is 4.79 Å². The van der Waals surface area contributed by atoms with Crippen LogP contribution in [-0.4, -0.2) is 41.7 Å². The molecule has 0 radical (unpaired) electrons. The molecule has 1 amide bonds. The largest absolute Gasteiger partial charge is 0.479 e. The molecule has 0 aromatic heterocycles. The predicted octanol–water partition coefficient (Wildman–Crippen LogP) is 2.99. The Balaban J connectivity index is 1.99. The van der Waals surface area contributed by atoms with E-state index in [2.05, 4.69) is 0 Å². The van der Waals surface area contributed by atoms with Gasteiger partial charge < -0.3 is 14.7 Å². The van der Waals surface area contributed by atoms with E-state index in [1.165, 1.54) is 0 Å². The Morgan fingerprint density at radius 3 is 2.95 bits per heavy atom. The fourth-order valence-electron chi connectivity index (χ4n) is 2.48. The van der Waals surface area contributed by atoms with Crippen LogP contribution in [0, 0.1) is 5.92 Å². The van der Waals surface area contributed by atoms with Gasteiger partial charge in [-0.15, -0.1) is 0 Å². The Morgan fingerprint density at radius 2 is 2.29 bits per heavy atom. The zero-order valence-electron chi connectivity index (χ0n) is 11.9. The first-order chi connectivity index (χ1) is 10.0. The van der Waals surface area contributed by atoms with Crippen molar-refractivity contribution >= 4 is 29.1 Å². The van der Waals surface area contributed by atoms with Crippen LogP contribution in [-0.2, 0) is 4.79 Å².